The Bertz CT molecular complexity index is 1150. The van der Waals surface area contributed by atoms with Crippen LogP contribution in [0.2, 0.25) is 0 Å². The van der Waals surface area contributed by atoms with Crippen LogP contribution in [0.5, 0.6) is 5.75 Å². The minimum Gasteiger partial charge on any atom is -0.507 e. The largest absolute Gasteiger partial charge is 0.507 e. The second-order valence-electron chi connectivity index (χ2n) is 8.75. The normalized spacial score (nSPS) is 22.5. The van der Waals surface area contributed by atoms with Gasteiger partial charge in [-0.2, -0.15) is 0 Å². The molecular formula is C24H27N5O2. The summed E-state index contributed by atoms with van der Waals surface area (Å²) in [6.45, 7) is 0. The second kappa shape index (κ2) is 7.81. The van der Waals surface area contributed by atoms with Crippen molar-refractivity contribution in [1.29, 1.82) is 0 Å². The molecule has 2 aliphatic rings. The van der Waals surface area contributed by atoms with E-state index in [4.69, 9.17) is 0 Å². The summed E-state index contributed by atoms with van der Waals surface area (Å²) in [6, 6.07) is 14.4. The average Bonchev–Trinajstić information content (AvgIpc) is 3.12. The van der Waals surface area contributed by atoms with E-state index in [2.05, 4.69) is 27.5 Å². The van der Waals surface area contributed by atoms with Crippen molar-refractivity contribution in [2.45, 2.75) is 43.8 Å². The number of anilines is 1. The van der Waals surface area contributed by atoms with Crippen LogP contribution in [0.25, 0.3) is 22.4 Å². The Morgan fingerprint density at radius 2 is 1.77 bits per heavy atom. The van der Waals surface area contributed by atoms with Crippen LogP contribution in [0.3, 0.4) is 0 Å². The highest BCUT2D eigenvalue weighted by Gasteiger charge is 2.35. The molecule has 0 spiro atoms. The fraction of sp³-hybridized carbons (Fsp3) is 0.375. The summed E-state index contributed by atoms with van der Waals surface area (Å²) in [6.07, 6.45) is 6.54. The van der Waals surface area contributed by atoms with Crippen molar-refractivity contribution in [1.82, 2.24) is 20.1 Å². The van der Waals surface area contributed by atoms with Crippen LogP contribution in [0.4, 0.5) is 5.82 Å². The van der Waals surface area contributed by atoms with Crippen LogP contribution in [-0.4, -0.2) is 45.0 Å². The number of aromatic nitrogens is 3. The van der Waals surface area contributed by atoms with Gasteiger partial charge in [0.15, 0.2) is 5.82 Å². The molecule has 2 unspecified atom stereocenters. The summed E-state index contributed by atoms with van der Waals surface area (Å²) >= 11 is 0. The first-order valence-corrected chi connectivity index (χ1v) is 10.8. The zero-order chi connectivity index (χ0) is 21.5. The van der Waals surface area contributed by atoms with Crippen molar-refractivity contribution >= 4 is 5.82 Å². The molecule has 2 saturated heterocycles. The van der Waals surface area contributed by atoms with Gasteiger partial charge < -0.3 is 19.9 Å². The quantitative estimate of drug-likeness (QED) is 0.679. The van der Waals surface area contributed by atoms with E-state index in [9.17, 15) is 9.90 Å². The molecule has 0 saturated carbocycles. The standard InChI is InChI=1S/C24H27N5O2/c1-28-10-9-16(12-24(28)31)15-3-6-20(22(30)11-15)21-7-8-23(27-26-21)29(2)19-13-17-4-5-18(14-19)25-17/h3,6-12,17-19,25,30H,4-5,13-14H2,1-2H3. The van der Waals surface area contributed by atoms with Crippen LogP contribution in [0, 0.1) is 0 Å². The van der Waals surface area contributed by atoms with Gasteiger partial charge in [-0.05, 0) is 67.1 Å². The lowest BCUT2D eigenvalue weighted by molar-refractivity contribution is 0.353. The number of phenols is 1. The molecule has 1 aromatic carbocycles. The number of aromatic hydroxyl groups is 1. The van der Waals surface area contributed by atoms with Crippen LogP contribution in [-0.2, 0) is 7.05 Å². The van der Waals surface area contributed by atoms with E-state index in [1.807, 2.05) is 30.3 Å². The molecular weight excluding hydrogens is 390 g/mol. The molecule has 7 heteroatoms. The van der Waals surface area contributed by atoms with E-state index >= 15 is 0 Å². The Morgan fingerprint density at radius 3 is 2.42 bits per heavy atom. The van der Waals surface area contributed by atoms with Crippen molar-refractivity contribution in [3.05, 3.63) is 59.0 Å². The van der Waals surface area contributed by atoms with Gasteiger partial charge in [0.2, 0.25) is 0 Å². The lowest BCUT2D eigenvalue weighted by Gasteiger charge is -2.36. The first-order valence-electron chi connectivity index (χ1n) is 10.8. The maximum Gasteiger partial charge on any atom is 0.250 e. The number of pyridine rings is 1. The molecule has 2 fully saturated rings. The molecule has 7 nitrogen and oxygen atoms in total. The third-order valence-corrected chi connectivity index (χ3v) is 6.72. The van der Waals surface area contributed by atoms with Gasteiger partial charge in [-0.15, -0.1) is 10.2 Å². The van der Waals surface area contributed by atoms with Gasteiger partial charge in [-0.25, -0.2) is 0 Å². The Morgan fingerprint density at radius 1 is 1.03 bits per heavy atom. The third kappa shape index (κ3) is 3.81. The van der Waals surface area contributed by atoms with Gasteiger partial charge in [0.25, 0.3) is 5.56 Å². The molecule has 3 aromatic rings. The fourth-order valence-corrected chi connectivity index (χ4v) is 4.84. The smallest absolute Gasteiger partial charge is 0.250 e. The molecule has 2 aromatic heterocycles. The Kier molecular flexibility index (Phi) is 4.98. The van der Waals surface area contributed by atoms with Gasteiger partial charge in [-0.1, -0.05) is 6.07 Å². The molecule has 31 heavy (non-hydrogen) atoms. The molecule has 2 bridgehead atoms. The minimum atomic E-state index is -0.0894. The van der Waals surface area contributed by atoms with Crippen LogP contribution in [0.1, 0.15) is 25.7 Å². The number of benzene rings is 1. The molecule has 0 amide bonds. The highest BCUT2D eigenvalue weighted by molar-refractivity contribution is 5.74. The van der Waals surface area contributed by atoms with Gasteiger partial charge in [0, 0.05) is 50.0 Å². The number of fused-ring (bicyclic) bond motifs is 2. The Balaban J connectivity index is 1.35. The Hall–Kier alpha value is -3.19. The van der Waals surface area contributed by atoms with Gasteiger partial charge in [0.05, 0.1) is 5.69 Å². The lowest BCUT2D eigenvalue weighted by atomic mass is 9.98. The van der Waals surface area contributed by atoms with Crippen LogP contribution >= 0.6 is 0 Å². The third-order valence-electron chi connectivity index (χ3n) is 6.72. The summed E-state index contributed by atoms with van der Waals surface area (Å²) in [4.78, 5) is 14.1. The molecule has 160 valence electrons. The molecule has 2 aliphatic heterocycles. The van der Waals surface area contributed by atoms with E-state index in [1.165, 1.54) is 17.4 Å². The highest BCUT2D eigenvalue weighted by Crippen LogP contribution is 2.34. The van der Waals surface area contributed by atoms with E-state index in [0.717, 1.165) is 29.8 Å². The van der Waals surface area contributed by atoms with Gasteiger partial charge >= 0.3 is 0 Å². The number of piperidine rings is 1. The van der Waals surface area contributed by atoms with Crippen molar-refractivity contribution in [2.24, 2.45) is 7.05 Å². The van der Waals surface area contributed by atoms with E-state index in [1.54, 1.807) is 25.4 Å². The van der Waals surface area contributed by atoms with Gasteiger partial charge in [0.1, 0.15) is 5.75 Å². The summed E-state index contributed by atoms with van der Waals surface area (Å²) < 4.78 is 1.51. The minimum absolute atomic E-state index is 0.0894. The summed E-state index contributed by atoms with van der Waals surface area (Å²) in [5.41, 5.74) is 2.70. The first-order chi connectivity index (χ1) is 15.0. The number of nitrogens with zero attached hydrogens (tertiary/aromatic N) is 4. The van der Waals surface area contributed by atoms with Crippen molar-refractivity contribution < 1.29 is 5.11 Å². The topological polar surface area (TPSA) is 83.3 Å². The zero-order valence-electron chi connectivity index (χ0n) is 17.8. The fourth-order valence-electron chi connectivity index (χ4n) is 4.84. The summed E-state index contributed by atoms with van der Waals surface area (Å²) in [5.74, 6) is 0.967. The number of hydrogen-bond donors (Lipinski definition) is 2. The summed E-state index contributed by atoms with van der Waals surface area (Å²) in [5, 5.41) is 23.1. The SMILES string of the molecule is CN(c1ccc(-c2ccc(-c3ccn(C)c(=O)c3)cc2O)nn1)C1CC2CCC(C1)N2. The van der Waals surface area contributed by atoms with E-state index < -0.39 is 0 Å². The number of hydrogen-bond acceptors (Lipinski definition) is 6. The molecule has 0 aliphatic carbocycles. The van der Waals surface area contributed by atoms with Crippen molar-refractivity contribution in [3.63, 3.8) is 0 Å². The van der Waals surface area contributed by atoms with Crippen LogP contribution < -0.4 is 15.8 Å². The number of nitrogens with one attached hydrogen (secondary N) is 1. The van der Waals surface area contributed by atoms with E-state index in [-0.39, 0.29) is 11.3 Å². The monoisotopic (exact) mass is 417 g/mol. The number of rotatable bonds is 4. The summed E-state index contributed by atoms with van der Waals surface area (Å²) in [7, 11) is 3.80. The lowest BCUT2D eigenvalue weighted by Crippen LogP contribution is -2.47. The zero-order valence-corrected chi connectivity index (χ0v) is 17.8. The van der Waals surface area contributed by atoms with Crippen LogP contribution in [0.15, 0.2) is 53.5 Å². The number of aryl methyl sites for hydroxylation is 1. The molecule has 2 N–H and O–H groups in total. The first kappa shape index (κ1) is 19.8. The molecule has 2 atom stereocenters. The second-order valence-corrected chi connectivity index (χ2v) is 8.75. The predicted molar refractivity (Wildman–Crippen MR) is 121 cm³/mol. The van der Waals surface area contributed by atoms with E-state index in [0.29, 0.717) is 29.4 Å². The number of phenolic OH excluding ortho intramolecular Hbond substituents is 1. The highest BCUT2D eigenvalue weighted by atomic mass is 16.3. The molecule has 4 heterocycles. The Labute approximate surface area is 181 Å². The molecule has 5 rings (SSSR count). The van der Waals surface area contributed by atoms with Gasteiger partial charge in [-0.3, -0.25) is 4.79 Å². The molecule has 0 radical (unpaired) electrons. The maximum absolute atomic E-state index is 11.9. The van der Waals surface area contributed by atoms with Crippen molar-refractivity contribution in [3.8, 4) is 28.1 Å². The predicted octanol–water partition coefficient (Wildman–Crippen LogP) is 2.93. The van der Waals surface area contributed by atoms with Crippen molar-refractivity contribution in [2.75, 3.05) is 11.9 Å². The maximum atomic E-state index is 11.9. The average molecular weight is 418 g/mol.